The van der Waals surface area contributed by atoms with Crippen molar-refractivity contribution in [3.8, 4) is 0 Å². The highest BCUT2D eigenvalue weighted by Gasteiger charge is 2.64. The van der Waals surface area contributed by atoms with E-state index in [1.807, 2.05) is 36.4 Å². The number of carbonyl (C=O) groups excluding carboxylic acids is 2. The molecule has 0 spiro atoms. The molecule has 0 saturated heterocycles. The average molecular weight is 493 g/mol. The lowest BCUT2D eigenvalue weighted by atomic mass is 9.45. The molecule has 4 aliphatic carbocycles. The first-order valence-corrected chi connectivity index (χ1v) is 13.9. The second-order valence-electron chi connectivity index (χ2n) is 12.4. The number of aliphatic carboxylic acids is 1. The Hall–Kier alpha value is -2.43. The SMILES string of the molecule is C[C@H](CCC(=O)O)[C@H]1CC[C@H]2[C@@H]3CCC4=CC(=O)CC[C@]4(C)[C@H]3C[C@H](OC(=O)c3ccccc3)[C@]12C. The van der Waals surface area contributed by atoms with Crippen LogP contribution in [0.4, 0.5) is 0 Å². The van der Waals surface area contributed by atoms with Crippen LogP contribution < -0.4 is 0 Å². The number of hydrogen-bond acceptors (Lipinski definition) is 4. The minimum absolute atomic E-state index is 0.0113. The molecule has 8 atom stereocenters. The Bertz CT molecular complexity index is 1060. The molecule has 0 unspecified atom stereocenters. The van der Waals surface area contributed by atoms with E-state index in [0.717, 1.165) is 38.5 Å². The van der Waals surface area contributed by atoms with Gasteiger partial charge in [-0.15, -0.1) is 0 Å². The summed E-state index contributed by atoms with van der Waals surface area (Å²) in [6.07, 6.45) is 9.10. The molecule has 0 radical (unpaired) electrons. The predicted molar refractivity (Wildman–Crippen MR) is 137 cm³/mol. The maximum absolute atomic E-state index is 13.3. The summed E-state index contributed by atoms with van der Waals surface area (Å²) in [5.74, 6) is 1.21. The Kier molecular flexibility index (Phi) is 6.63. The van der Waals surface area contributed by atoms with Crippen molar-refractivity contribution in [1.29, 1.82) is 0 Å². The van der Waals surface area contributed by atoms with Gasteiger partial charge in [-0.3, -0.25) is 9.59 Å². The summed E-state index contributed by atoms with van der Waals surface area (Å²) in [6.45, 7) is 6.88. The number of carbonyl (C=O) groups is 3. The van der Waals surface area contributed by atoms with Crippen molar-refractivity contribution in [1.82, 2.24) is 0 Å². The molecule has 0 heterocycles. The van der Waals surface area contributed by atoms with Crippen LogP contribution >= 0.6 is 0 Å². The number of ether oxygens (including phenoxy) is 1. The maximum Gasteiger partial charge on any atom is 0.338 e. The molecule has 194 valence electrons. The monoisotopic (exact) mass is 492 g/mol. The summed E-state index contributed by atoms with van der Waals surface area (Å²) in [4.78, 5) is 36.9. The van der Waals surface area contributed by atoms with Crippen molar-refractivity contribution in [2.24, 2.45) is 40.4 Å². The third-order valence-corrected chi connectivity index (χ3v) is 10.9. The summed E-state index contributed by atoms with van der Waals surface area (Å²) < 4.78 is 6.45. The third kappa shape index (κ3) is 4.13. The largest absolute Gasteiger partial charge is 0.481 e. The number of carboxylic acid groups (broad SMARTS) is 1. The van der Waals surface area contributed by atoms with E-state index in [2.05, 4.69) is 20.8 Å². The van der Waals surface area contributed by atoms with Crippen molar-refractivity contribution in [3.05, 3.63) is 47.5 Å². The zero-order chi connectivity index (χ0) is 25.7. The smallest absolute Gasteiger partial charge is 0.338 e. The van der Waals surface area contributed by atoms with Gasteiger partial charge in [0.15, 0.2) is 5.78 Å². The van der Waals surface area contributed by atoms with E-state index < -0.39 is 5.97 Å². The molecule has 3 fully saturated rings. The van der Waals surface area contributed by atoms with Crippen LogP contribution in [-0.2, 0) is 14.3 Å². The number of carboxylic acids is 1. The van der Waals surface area contributed by atoms with Gasteiger partial charge in [-0.05, 0) is 98.2 Å². The molecule has 5 heteroatoms. The molecule has 0 amide bonds. The van der Waals surface area contributed by atoms with Gasteiger partial charge in [0.25, 0.3) is 0 Å². The Labute approximate surface area is 214 Å². The molecule has 36 heavy (non-hydrogen) atoms. The number of hydrogen-bond donors (Lipinski definition) is 1. The fourth-order valence-electron chi connectivity index (χ4n) is 8.96. The van der Waals surface area contributed by atoms with E-state index >= 15 is 0 Å². The molecule has 3 saturated carbocycles. The van der Waals surface area contributed by atoms with E-state index in [-0.39, 0.29) is 41.0 Å². The van der Waals surface area contributed by atoms with Crippen molar-refractivity contribution < 1.29 is 24.2 Å². The Morgan fingerprint density at radius 1 is 1.08 bits per heavy atom. The van der Waals surface area contributed by atoms with Gasteiger partial charge in [0.2, 0.25) is 0 Å². The molecule has 0 aromatic heterocycles. The van der Waals surface area contributed by atoms with Crippen molar-refractivity contribution in [3.63, 3.8) is 0 Å². The second kappa shape index (κ2) is 9.46. The fourth-order valence-corrected chi connectivity index (χ4v) is 8.96. The van der Waals surface area contributed by atoms with Gasteiger partial charge in [0, 0.05) is 18.3 Å². The highest BCUT2D eigenvalue weighted by atomic mass is 16.5. The van der Waals surface area contributed by atoms with Crippen LogP contribution in [-0.4, -0.2) is 28.9 Å². The van der Waals surface area contributed by atoms with Gasteiger partial charge in [0.05, 0.1) is 5.56 Å². The number of allylic oxidation sites excluding steroid dienone is 1. The van der Waals surface area contributed by atoms with Crippen molar-refractivity contribution in [2.45, 2.75) is 84.7 Å². The molecule has 1 aromatic rings. The first-order chi connectivity index (χ1) is 17.1. The number of benzene rings is 1. The quantitative estimate of drug-likeness (QED) is 0.460. The minimum atomic E-state index is -0.747. The van der Waals surface area contributed by atoms with Crippen LogP contribution in [0, 0.1) is 40.4 Å². The van der Waals surface area contributed by atoms with Crippen molar-refractivity contribution in [2.75, 3.05) is 0 Å². The molecule has 0 bridgehead atoms. The van der Waals surface area contributed by atoms with Gasteiger partial charge < -0.3 is 9.84 Å². The molecule has 5 rings (SSSR count). The fraction of sp³-hybridized carbons (Fsp3) is 0.645. The molecular weight excluding hydrogens is 452 g/mol. The van der Waals surface area contributed by atoms with Crippen LogP contribution in [0.1, 0.15) is 88.9 Å². The Morgan fingerprint density at radius 2 is 1.83 bits per heavy atom. The van der Waals surface area contributed by atoms with Crippen LogP contribution in [0.3, 0.4) is 0 Å². The number of ketones is 1. The highest BCUT2D eigenvalue weighted by Crippen LogP contribution is 2.68. The van der Waals surface area contributed by atoms with Crippen molar-refractivity contribution >= 4 is 17.7 Å². The molecular formula is C31H40O5. The Morgan fingerprint density at radius 3 is 2.56 bits per heavy atom. The standard InChI is InChI=1S/C31H40O5/c1-19(9-14-28(33)34)24-12-13-25-23-11-10-21-17-22(32)15-16-30(21,2)26(23)18-27(31(24,25)3)36-29(35)20-7-5-4-6-8-20/h4-8,17,19,23-27H,9-16,18H2,1-3H3,(H,33,34)/t19-,23+,24-,25+,26+,27+,30+,31-/m1/s1. The predicted octanol–water partition coefficient (Wildman–Crippen LogP) is 6.47. The van der Waals surface area contributed by atoms with Crippen LogP contribution in [0.25, 0.3) is 0 Å². The topological polar surface area (TPSA) is 80.7 Å². The van der Waals surface area contributed by atoms with Gasteiger partial charge >= 0.3 is 11.9 Å². The van der Waals surface area contributed by atoms with Gasteiger partial charge in [-0.25, -0.2) is 4.79 Å². The van der Waals surface area contributed by atoms with Crippen LogP contribution in [0.2, 0.25) is 0 Å². The van der Waals surface area contributed by atoms with E-state index in [4.69, 9.17) is 4.74 Å². The van der Waals surface area contributed by atoms with Gasteiger partial charge in [-0.1, -0.05) is 44.5 Å². The zero-order valence-electron chi connectivity index (χ0n) is 21.9. The average Bonchev–Trinajstić information content (AvgIpc) is 3.22. The lowest BCUT2D eigenvalue weighted by Gasteiger charge is -2.60. The maximum atomic E-state index is 13.3. The van der Waals surface area contributed by atoms with E-state index in [1.165, 1.54) is 5.57 Å². The van der Waals surface area contributed by atoms with Gasteiger partial charge in [0.1, 0.15) is 6.10 Å². The number of fused-ring (bicyclic) bond motifs is 5. The second-order valence-corrected chi connectivity index (χ2v) is 12.4. The van der Waals surface area contributed by atoms with E-state index in [9.17, 15) is 19.5 Å². The summed E-state index contributed by atoms with van der Waals surface area (Å²) in [5, 5.41) is 9.31. The minimum Gasteiger partial charge on any atom is -0.481 e. The van der Waals surface area contributed by atoms with Crippen LogP contribution in [0.15, 0.2) is 42.0 Å². The van der Waals surface area contributed by atoms with E-state index in [0.29, 0.717) is 42.1 Å². The first-order valence-electron chi connectivity index (χ1n) is 13.9. The summed E-state index contributed by atoms with van der Waals surface area (Å²) >= 11 is 0. The summed E-state index contributed by atoms with van der Waals surface area (Å²) in [5.41, 5.74) is 1.70. The molecule has 1 N–H and O–H groups in total. The molecule has 0 aliphatic heterocycles. The first kappa shape index (κ1) is 25.2. The summed E-state index contributed by atoms with van der Waals surface area (Å²) in [6, 6.07) is 9.25. The lowest BCUT2D eigenvalue weighted by molar-refractivity contribution is -0.145. The Balaban J connectivity index is 1.50. The normalized spacial score (nSPS) is 38.2. The van der Waals surface area contributed by atoms with Crippen LogP contribution in [0.5, 0.6) is 0 Å². The number of rotatable bonds is 6. The van der Waals surface area contributed by atoms with Gasteiger partial charge in [-0.2, -0.15) is 0 Å². The zero-order valence-corrected chi connectivity index (χ0v) is 21.9. The number of esters is 1. The summed E-state index contributed by atoms with van der Waals surface area (Å²) in [7, 11) is 0. The highest BCUT2D eigenvalue weighted by molar-refractivity contribution is 5.91. The molecule has 4 aliphatic rings. The molecule has 1 aromatic carbocycles. The lowest BCUT2D eigenvalue weighted by Crippen LogP contribution is -2.58. The third-order valence-electron chi connectivity index (χ3n) is 10.9. The van der Waals surface area contributed by atoms with E-state index in [1.54, 1.807) is 0 Å². The molecule has 5 nitrogen and oxygen atoms in total.